The zero-order chi connectivity index (χ0) is 21.3. The van der Waals surface area contributed by atoms with Crippen molar-refractivity contribution in [2.45, 2.75) is 45.4 Å². The molecule has 1 aliphatic rings. The molecule has 0 aliphatic carbocycles. The second kappa shape index (κ2) is 7.86. The number of hydrogen-bond donors (Lipinski definition) is 2. The highest BCUT2D eigenvalue weighted by molar-refractivity contribution is 5.92. The first-order valence-corrected chi connectivity index (χ1v) is 10.2. The van der Waals surface area contributed by atoms with Crippen LogP contribution in [-0.4, -0.2) is 34.0 Å². The van der Waals surface area contributed by atoms with Crippen molar-refractivity contribution < 1.29 is 14.3 Å². The minimum atomic E-state index is -0.761. The lowest BCUT2D eigenvalue weighted by Gasteiger charge is -2.35. The summed E-state index contributed by atoms with van der Waals surface area (Å²) in [5, 5.41) is 4.12. The van der Waals surface area contributed by atoms with Crippen LogP contribution in [0.15, 0.2) is 54.6 Å². The van der Waals surface area contributed by atoms with Gasteiger partial charge in [0.25, 0.3) is 0 Å². The quantitative estimate of drug-likeness (QED) is 0.682. The summed E-state index contributed by atoms with van der Waals surface area (Å²) >= 11 is 0. The molecule has 156 valence electrons. The number of amides is 2. The minimum absolute atomic E-state index is 0.170. The Morgan fingerprint density at radius 1 is 1.10 bits per heavy atom. The summed E-state index contributed by atoms with van der Waals surface area (Å²) < 4.78 is 5.56. The number of aromatic amines is 1. The predicted molar refractivity (Wildman–Crippen MR) is 116 cm³/mol. The number of para-hydroxylation sites is 1. The van der Waals surface area contributed by atoms with Crippen molar-refractivity contribution in [3.63, 3.8) is 0 Å². The standard InChI is InChI=1S/C24H27N3O3/c1-24(2,3)26-22(28)21-20-18(17-11-7-8-12-19(17)25-20)13-14-27(21)23(29)30-15-16-9-5-4-6-10-16/h4-12,21,25H,13-15H2,1-3H3,(H,26,28). The van der Waals surface area contributed by atoms with Crippen molar-refractivity contribution in [2.24, 2.45) is 0 Å². The maximum Gasteiger partial charge on any atom is 0.411 e. The molecule has 1 atom stereocenters. The van der Waals surface area contributed by atoms with E-state index in [1.807, 2.05) is 75.4 Å². The van der Waals surface area contributed by atoms with Crippen molar-refractivity contribution in [3.8, 4) is 0 Å². The number of carbonyl (C=O) groups is 2. The number of aromatic nitrogens is 1. The summed E-state index contributed by atoms with van der Waals surface area (Å²) in [5.41, 5.74) is 3.31. The summed E-state index contributed by atoms with van der Waals surface area (Å²) in [6, 6.07) is 16.8. The molecule has 30 heavy (non-hydrogen) atoms. The number of nitrogens with one attached hydrogen (secondary N) is 2. The molecule has 0 radical (unpaired) electrons. The molecule has 0 saturated heterocycles. The van der Waals surface area contributed by atoms with Gasteiger partial charge in [-0.2, -0.15) is 0 Å². The lowest BCUT2D eigenvalue weighted by Crippen LogP contribution is -2.51. The molecule has 2 heterocycles. The van der Waals surface area contributed by atoms with Gasteiger partial charge in [0.1, 0.15) is 6.61 Å². The molecule has 2 amide bonds. The second-order valence-corrected chi connectivity index (χ2v) is 8.69. The average Bonchev–Trinajstić information content (AvgIpc) is 3.09. The van der Waals surface area contributed by atoms with E-state index in [-0.39, 0.29) is 12.5 Å². The summed E-state index contributed by atoms with van der Waals surface area (Å²) in [6.45, 7) is 6.38. The van der Waals surface area contributed by atoms with Crippen LogP contribution in [0.5, 0.6) is 0 Å². The Balaban J connectivity index is 1.65. The van der Waals surface area contributed by atoms with Crippen LogP contribution >= 0.6 is 0 Å². The SMILES string of the molecule is CC(C)(C)NC(=O)C1c2[nH]c3ccccc3c2CCN1C(=O)OCc1ccccc1. The van der Waals surface area contributed by atoms with E-state index in [0.29, 0.717) is 13.0 Å². The highest BCUT2D eigenvalue weighted by Crippen LogP contribution is 2.35. The van der Waals surface area contributed by atoms with Crippen LogP contribution in [0.25, 0.3) is 10.9 Å². The van der Waals surface area contributed by atoms with Gasteiger partial charge in [-0.25, -0.2) is 4.79 Å². The van der Waals surface area contributed by atoms with E-state index in [9.17, 15) is 9.59 Å². The topological polar surface area (TPSA) is 74.4 Å². The smallest absolute Gasteiger partial charge is 0.411 e. The first-order valence-electron chi connectivity index (χ1n) is 10.2. The number of hydrogen-bond acceptors (Lipinski definition) is 3. The summed E-state index contributed by atoms with van der Waals surface area (Å²) in [4.78, 5) is 31.2. The molecule has 4 rings (SSSR count). The number of ether oxygens (including phenoxy) is 1. The zero-order valence-corrected chi connectivity index (χ0v) is 17.6. The van der Waals surface area contributed by atoms with Crippen LogP contribution in [0.1, 0.15) is 43.6 Å². The van der Waals surface area contributed by atoms with Gasteiger partial charge in [-0.3, -0.25) is 9.69 Å². The van der Waals surface area contributed by atoms with Crippen LogP contribution in [0.2, 0.25) is 0 Å². The maximum absolute atomic E-state index is 13.3. The Morgan fingerprint density at radius 2 is 1.80 bits per heavy atom. The molecule has 0 spiro atoms. The zero-order valence-electron chi connectivity index (χ0n) is 17.6. The van der Waals surface area contributed by atoms with Crippen molar-refractivity contribution in [1.82, 2.24) is 15.2 Å². The van der Waals surface area contributed by atoms with Gasteiger partial charge in [0.2, 0.25) is 5.91 Å². The van der Waals surface area contributed by atoms with Crippen LogP contribution in [0.4, 0.5) is 4.79 Å². The fourth-order valence-electron chi connectivity index (χ4n) is 3.95. The Hall–Kier alpha value is -3.28. The van der Waals surface area contributed by atoms with E-state index in [1.165, 1.54) is 4.90 Å². The molecule has 0 saturated carbocycles. The fraction of sp³-hybridized carbons (Fsp3) is 0.333. The van der Waals surface area contributed by atoms with E-state index in [2.05, 4.69) is 10.3 Å². The molecule has 2 aromatic carbocycles. The fourth-order valence-corrected chi connectivity index (χ4v) is 3.95. The van der Waals surface area contributed by atoms with E-state index in [1.54, 1.807) is 0 Å². The Morgan fingerprint density at radius 3 is 2.53 bits per heavy atom. The highest BCUT2D eigenvalue weighted by atomic mass is 16.6. The maximum atomic E-state index is 13.3. The number of nitrogens with zero attached hydrogens (tertiary/aromatic N) is 1. The first kappa shape index (κ1) is 20.0. The molecule has 1 aromatic heterocycles. The molecule has 6 heteroatoms. The van der Waals surface area contributed by atoms with Crippen molar-refractivity contribution in [3.05, 3.63) is 71.4 Å². The molecule has 6 nitrogen and oxygen atoms in total. The molecule has 1 aliphatic heterocycles. The van der Waals surface area contributed by atoms with E-state index < -0.39 is 17.7 Å². The Kier molecular flexibility index (Phi) is 5.24. The molecule has 0 fully saturated rings. The van der Waals surface area contributed by atoms with E-state index in [4.69, 9.17) is 4.74 Å². The molecule has 3 aromatic rings. The van der Waals surface area contributed by atoms with Crippen molar-refractivity contribution >= 4 is 22.9 Å². The predicted octanol–water partition coefficient (Wildman–Crippen LogP) is 4.32. The van der Waals surface area contributed by atoms with Gasteiger partial charge in [-0.15, -0.1) is 0 Å². The monoisotopic (exact) mass is 405 g/mol. The average molecular weight is 405 g/mol. The lowest BCUT2D eigenvalue weighted by atomic mass is 9.96. The third-order valence-corrected chi connectivity index (χ3v) is 5.22. The van der Waals surface area contributed by atoms with Gasteiger partial charge >= 0.3 is 6.09 Å². The van der Waals surface area contributed by atoms with Gasteiger partial charge in [0, 0.05) is 23.0 Å². The van der Waals surface area contributed by atoms with Crippen LogP contribution in [0.3, 0.4) is 0 Å². The first-order chi connectivity index (χ1) is 14.3. The third-order valence-electron chi connectivity index (χ3n) is 5.22. The third kappa shape index (κ3) is 4.03. The number of carbonyl (C=O) groups excluding carboxylic acids is 2. The summed E-state index contributed by atoms with van der Waals surface area (Å²) in [5.74, 6) is -0.216. The highest BCUT2D eigenvalue weighted by Gasteiger charge is 2.39. The Labute approximate surface area is 176 Å². The normalized spacial score (nSPS) is 16.2. The van der Waals surface area contributed by atoms with Crippen molar-refractivity contribution in [2.75, 3.05) is 6.54 Å². The number of benzene rings is 2. The number of fused-ring (bicyclic) bond motifs is 3. The van der Waals surface area contributed by atoms with Gasteiger partial charge in [-0.1, -0.05) is 48.5 Å². The molecular weight excluding hydrogens is 378 g/mol. The van der Waals surface area contributed by atoms with Gasteiger partial charge in [0.05, 0.1) is 5.69 Å². The van der Waals surface area contributed by atoms with Gasteiger partial charge in [0.15, 0.2) is 6.04 Å². The lowest BCUT2D eigenvalue weighted by molar-refractivity contribution is -0.128. The molecule has 0 bridgehead atoms. The molecule has 1 unspecified atom stereocenters. The largest absolute Gasteiger partial charge is 0.445 e. The van der Waals surface area contributed by atoms with Gasteiger partial charge in [-0.05, 0) is 44.4 Å². The molecule has 2 N–H and O–H groups in total. The van der Waals surface area contributed by atoms with E-state index >= 15 is 0 Å². The number of rotatable bonds is 3. The van der Waals surface area contributed by atoms with E-state index in [0.717, 1.165) is 27.7 Å². The Bertz CT molecular complexity index is 1070. The second-order valence-electron chi connectivity index (χ2n) is 8.69. The van der Waals surface area contributed by atoms with Gasteiger partial charge < -0.3 is 15.0 Å². The summed E-state index contributed by atoms with van der Waals surface area (Å²) in [6.07, 6.45) is 0.177. The molecular formula is C24H27N3O3. The van der Waals surface area contributed by atoms with Crippen LogP contribution in [-0.2, 0) is 22.6 Å². The van der Waals surface area contributed by atoms with Crippen LogP contribution < -0.4 is 5.32 Å². The van der Waals surface area contributed by atoms with Crippen LogP contribution in [0, 0.1) is 0 Å². The minimum Gasteiger partial charge on any atom is -0.445 e. The summed E-state index contributed by atoms with van der Waals surface area (Å²) in [7, 11) is 0. The van der Waals surface area contributed by atoms with Crippen molar-refractivity contribution in [1.29, 1.82) is 0 Å². The number of H-pyrrole nitrogens is 1.